The lowest BCUT2D eigenvalue weighted by atomic mass is 10.1. The molecule has 10 heteroatoms. The van der Waals surface area contributed by atoms with E-state index in [1.165, 1.54) is 0 Å². The molecule has 4 aromatic carbocycles. The normalized spacial score (nSPS) is 11.9. The van der Waals surface area contributed by atoms with Crippen molar-refractivity contribution in [3.8, 4) is 34.1 Å². The summed E-state index contributed by atoms with van der Waals surface area (Å²) < 4.78 is 19.3. The van der Waals surface area contributed by atoms with Crippen molar-refractivity contribution in [1.29, 1.82) is 0 Å². The third-order valence-corrected chi connectivity index (χ3v) is 7.42. The molecule has 0 aliphatic heterocycles. The topological polar surface area (TPSA) is 101 Å². The van der Waals surface area contributed by atoms with Crippen molar-refractivity contribution in [2.24, 2.45) is 38.2 Å². The summed E-state index contributed by atoms with van der Waals surface area (Å²) in [4.78, 5) is 8.65. The van der Waals surface area contributed by atoms with E-state index in [-0.39, 0.29) is 11.8 Å². The van der Waals surface area contributed by atoms with Gasteiger partial charge in [0.2, 0.25) is 0 Å². The number of hydrogen-bond acceptors (Lipinski definition) is 4. The molecule has 0 saturated heterocycles. The van der Waals surface area contributed by atoms with Crippen molar-refractivity contribution in [3.63, 3.8) is 0 Å². The molecule has 10 nitrogen and oxygen atoms in total. The Morgan fingerprint density at radius 1 is 0.522 bits per heavy atom. The Bertz CT molecular complexity index is 1830. The molecule has 0 unspecified atom stereocenters. The third-order valence-electron chi connectivity index (χ3n) is 7.42. The highest BCUT2D eigenvalue weighted by atomic mass is 16.5. The molecule has 2 N–H and O–H groups in total. The Morgan fingerprint density at radius 3 is 1.11 bits per heavy atom. The second kappa shape index (κ2) is 12.8. The monoisotopic (exact) mass is 614 g/mol. The van der Waals surface area contributed by atoms with Crippen molar-refractivity contribution in [2.75, 3.05) is 0 Å². The highest BCUT2D eigenvalue weighted by Gasteiger charge is 2.19. The first-order chi connectivity index (χ1) is 22.2. The van der Waals surface area contributed by atoms with E-state index in [4.69, 9.17) is 9.47 Å². The predicted octanol–water partition coefficient (Wildman–Crippen LogP) is 6.54. The van der Waals surface area contributed by atoms with Crippen LogP contribution >= 0.6 is 0 Å². The highest BCUT2D eigenvalue weighted by molar-refractivity contribution is 5.90. The zero-order valence-corrected chi connectivity index (χ0v) is 25.9. The zero-order valence-electron chi connectivity index (χ0n) is 25.9. The molecule has 0 fully saturated rings. The number of aliphatic imine (C=N–C) groups is 2. The minimum Gasteiger partial charge on any atom is -0.487 e. The summed E-state index contributed by atoms with van der Waals surface area (Å²) in [6, 6.07) is 30.2. The Hall–Kier alpha value is -6.16. The summed E-state index contributed by atoms with van der Waals surface area (Å²) in [5.74, 6) is 3.83. The number of aryl methyl sites for hydroxylation is 4. The lowest BCUT2D eigenvalue weighted by Gasteiger charge is -2.09. The van der Waals surface area contributed by atoms with Gasteiger partial charge in [0.25, 0.3) is 0 Å². The summed E-state index contributed by atoms with van der Waals surface area (Å²) in [6.07, 6.45) is 7.42. The van der Waals surface area contributed by atoms with E-state index in [0.717, 1.165) is 11.1 Å². The number of hydrogen-bond donors (Lipinski definition) is 2. The van der Waals surface area contributed by atoms with Crippen LogP contribution in [-0.2, 0) is 28.2 Å². The minimum absolute atomic E-state index is 0.0610. The Labute approximate surface area is 266 Å². The van der Waals surface area contributed by atoms with Crippen LogP contribution in [0.15, 0.2) is 132 Å². The molecular formula is C36H34N6O4+2. The average molecular weight is 615 g/mol. The van der Waals surface area contributed by atoms with Crippen LogP contribution in [0.2, 0.25) is 0 Å². The molecule has 46 heavy (non-hydrogen) atoms. The standard InChI is InChI=1S/C36H32N6O4/c1-39-21-22-40(2)35(39)33(43)37-27-9-17-31(18-10-27)45-29-13-5-25(6-14-29)26-7-15-30(16-8-26)46-32-19-11-28(12-20-32)38-34(44)36-41(3)23-24-42(36)4/h5-24H,1-4H3/p+2. The molecule has 0 spiro atoms. The fourth-order valence-corrected chi connectivity index (χ4v) is 5.04. The van der Waals surface area contributed by atoms with Gasteiger partial charge in [0.05, 0.1) is 39.6 Å². The van der Waals surface area contributed by atoms with E-state index in [1.807, 2.05) is 126 Å². The van der Waals surface area contributed by atoms with Gasteiger partial charge in [0.15, 0.2) is 0 Å². The maximum atomic E-state index is 10.5. The number of aromatic nitrogens is 4. The Morgan fingerprint density at radius 2 is 0.826 bits per heavy atom. The zero-order chi connectivity index (χ0) is 32.2. The number of aliphatic hydroxyl groups is 2. The molecule has 2 heterocycles. The lowest BCUT2D eigenvalue weighted by molar-refractivity contribution is -0.672. The Kier molecular flexibility index (Phi) is 8.34. The van der Waals surface area contributed by atoms with Crippen LogP contribution in [0.3, 0.4) is 0 Å². The van der Waals surface area contributed by atoms with Crippen LogP contribution in [0.4, 0.5) is 11.4 Å². The van der Waals surface area contributed by atoms with Gasteiger partial charge in [0.1, 0.15) is 47.8 Å². The van der Waals surface area contributed by atoms with Gasteiger partial charge in [-0.05, 0) is 83.9 Å². The van der Waals surface area contributed by atoms with Crippen LogP contribution in [0.5, 0.6) is 23.0 Å². The summed E-state index contributed by atoms with van der Waals surface area (Å²) in [5, 5.41) is 20.9. The van der Waals surface area contributed by atoms with E-state index >= 15 is 0 Å². The first kappa shape index (κ1) is 29.9. The van der Waals surface area contributed by atoms with Gasteiger partial charge in [0, 0.05) is 0 Å². The molecule has 0 atom stereocenters. The molecule has 230 valence electrons. The average Bonchev–Trinajstić information content (AvgIpc) is 3.58. The highest BCUT2D eigenvalue weighted by Crippen LogP contribution is 2.30. The number of benzene rings is 4. The summed E-state index contributed by atoms with van der Waals surface area (Å²) >= 11 is 0. The summed E-state index contributed by atoms with van der Waals surface area (Å²) in [6.45, 7) is 0. The van der Waals surface area contributed by atoms with Gasteiger partial charge in [-0.15, -0.1) is 0 Å². The largest absolute Gasteiger partial charge is 0.487 e. The van der Waals surface area contributed by atoms with Crippen LogP contribution in [0, 0.1) is 0 Å². The van der Waals surface area contributed by atoms with E-state index in [2.05, 4.69) is 9.98 Å². The quantitative estimate of drug-likeness (QED) is 0.110. The summed E-state index contributed by atoms with van der Waals surface area (Å²) in [5.41, 5.74) is 3.32. The number of ether oxygens (including phenoxy) is 2. The van der Waals surface area contributed by atoms with E-state index < -0.39 is 0 Å². The van der Waals surface area contributed by atoms with E-state index in [9.17, 15) is 10.2 Å². The minimum atomic E-state index is -0.0610. The third kappa shape index (κ3) is 6.66. The molecule has 2 aromatic heterocycles. The smallest absolute Gasteiger partial charge is 0.344 e. The second-order valence-corrected chi connectivity index (χ2v) is 10.8. The van der Waals surface area contributed by atoms with Gasteiger partial charge in [-0.3, -0.25) is 0 Å². The molecule has 0 bridgehead atoms. The van der Waals surface area contributed by atoms with Crippen LogP contribution in [0.25, 0.3) is 11.1 Å². The number of nitrogens with zero attached hydrogens (tertiary/aromatic N) is 6. The van der Waals surface area contributed by atoms with Crippen molar-refractivity contribution >= 4 is 23.2 Å². The molecule has 0 aliphatic rings. The first-order valence-corrected chi connectivity index (χ1v) is 14.6. The van der Waals surface area contributed by atoms with Crippen molar-refractivity contribution in [2.45, 2.75) is 0 Å². The maximum Gasteiger partial charge on any atom is 0.344 e. The van der Waals surface area contributed by atoms with Gasteiger partial charge < -0.3 is 19.7 Å². The van der Waals surface area contributed by atoms with Crippen molar-refractivity contribution in [3.05, 3.63) is 133 Å². The van der Waals surface area contributed by atoms with Crippen LogP contribution in [-0.4, -0.2) is 31.1 Å². The molecule has 0 amide bonds. The van der Waals surface area contributed by atoms with E-state index in [0.29, 0.717) is 46.0 Å². The molecule has 0 radical (unpaired) electrons. The van der Waals surface area contributed by atoms with Crippen molar-refractivity contribution in [1.82, 2.24) is 9.13 Å². The first-order valence-electron chi connectivity index (χ1n) is 14.6. The van der Waals surface area contributed by atoms with Gasteiger partial charge >= 0.3 is 23.4 Å². The van der Waals surface area contributed by atoms with Gasteiger partial charge in [-0.1, -0.05) is 24.3 Å². The number of imidazole rings is 2. The fraction of sp³-hybridized carbons (Fsp3) is 0.111. The van der Waals surface area contributed by atoms with Gasteiger partial charge in [-0.25, -0.2) is 28.3 Å². The molecule has 0 aliphatic carbocycles. The summed E-state index contributed by atoms with van der Waals surface area (Å²) in [7, 11) is 7.42. The van der Waals surface area contributed by atoms with E-state index in [1.54, 1.807) is 42.5 Å². The van der Waals surface area contributed by atoms with Crippen LogP contribution in [0.1, 0.15) is 11.6 Å². The maximum absolute atomic E-state index is 10.5. The van der Waals surface area contributed by atoms with Crippen LogP contribution < -0.4 is 18.6 Å². The second-order valence-electron chi connectivity index (χ2n) is 10.8. The number of aliphatic hydroxyl groups excluding tert-OH is 2. The van der Waals surface area contributed by atoms with Crippen molar-refractivity contribution < 1.29 is 28.8 Å². The van der Waals surface area contributed by atoms with Gasteiger partial charge in [-0.2, -0.15) is 0 Å². The molecule has 0 saturated carbocycles. The Balaban J connectivity index is 1.05. The number of rotatable bonds is 9. The predicted molar refractivity (Wildman–Crippen MR) is 176 cm³/mol. The lowest BCUT2D eigenvalue weighted by Crippen LogP contribution is -2.35. The SMILES string of the molecule is Cn1cc[n+](C)c1C(O)=Nc1ccc(Oc2ccc(-c3ccc(Oc4ccc(N=C(O)c5n(C)cc[n+]5C)cc4)cc3)cc2)cc1. The molecule has 6 aromatic rings. The fourth-order valence-electron chi connectivity index (χ4n) is 5.04. The molecule has 6 rings (SSSR count). The molecular weight excluding hydrogens is 580 g/mol.